The fourth-order valence-corrected chi connectivity index (χ4v) is 1.41. The van der Waals surface area contributed by atoms with Gasteiger partial charge in [0.25, 0.3) is 0 Å². The van der Waals surface area contributed by atoms with Gasteiger partial charge in [0, 0.05) is 12.7 Å². The summed E-state index contributed by atoms with van der Waals surface area (Å²) in [4.78, 5) is 23.7. The number of carboxylic acid groups (broad SMARTS) is 1. The van der Waals surface area contributed by atoms with E-state index in [9.17, 15) is 9.59 Å². The van der Waals surface area contributed by atoms with Crippen LogP contribution in [-0.4, -0.2) is 35.2 Å². The normalized spacial score (nSPS) is 11.2. The first-order valence-corrected chi connectivity index (χ1v) is 6.38. The first kappa shape index (κ1) is 16.5. The van der Waals surface area contributed by atoms with Gasteiger partial charge < -0.3 is 9.84 Å². The Morgan fingerprint density at radius 2 is 1.89 bits per heavy atom. The minimum Gasteiger partial charge on any atom is -0.478 e. The van der Waals surface area contributed by atoms with E-state index < -0.39 is 12.1 Å². The maximum absolute atomic E-state index is 11.6. The van der Waals surface area contributed by atoms with Crippen LogP contribution in [0.4, 0.5) is 4.79 Å². The molecule has 0 aromatic rings. The predicted octanol–water partition coefficient (Wildman–Crippen LogP) is 3.01. The molecule has 0 radical (unpaired) electrons. The summed E-state index contributed by atoms with van der Waals surface area (Å²) in [7, 11) is 0. The van der Waals surface area contributed by atoms with Crippen LogP contribution < -0.4 is 0 Å². The van der Waals surface area contributed by atoms with Gasteiger partial charge in [0.1, 0.15) is 0 Å². The molecule has 0 spiro atoms. The van der Waals surface area contributed by atoms with Crippen LogP contribution in [0.3, 0.4) is 0 Å². The molecule has 0 aromatic carbocycles. The van der Waals surface area contributed by atoms with Gasteiger partial charge in [0.05, 0.1) is 12.2 Å². The molecule has 0 saturated carbocycles. The van der Waals surface area contributed by atoms with Gasteiger partial charge in [0.2, 0.25) is 0 Å². The van der Waals surface area contributed by atoms with Crippen molar-refractivity contribution in [3.8, 4) is 0 Å². The van der Waals surface area contributed by atoms with Gasteiger partial charge in [-0.3, -0.25) is 4.90 Å². The van der Waals surface area contributed by atoms with E-state index in [1.807, 2.05) is 0 Å². The number of rotatable bonds is 8. The average molecular weight is 257 g/mol. The van der Waals surface area contributed by atoms with Crippen molar-refractivity contribution in [2.45, 2.75) is 46.5 Å². The smallest absolute Gasteiger partial charge is 0.413 e. The van der Waals surface area contributed by atoms with Crippen molar-refractivity contribution >= 4 is 12.1 Å². The lowest BCUT2D eigenvalue weighted by molar-refractivity contribution is -0.132. The Hall–Kier alpha value is -1.52. The lowest BCUT2D eigenvalue weighted by Gasteiger charge is -2.18. The summed E-state index contributed by atoms with van der Waals surface area (Å²) in [5, 5.41) is 8.81. The zero-order valence-corrected chi connectivity index (χ0v) is 11.4. The van der Waals surface area contributed by atoms with Crippen molar-refractivity contribution in [2.24, 2.45) is 0 Å². The van der Waals surface area contributed by atoms with E-state index in [2.05, 4.69) is 6.92 Å². The van der Waals surface area contributed by atoms with Crippen molar-refractivity contribution in [1.29, 1.82) is 0 Å². The summed E-state index contributed by atoms with van der Waals surface area (Å²) in [5.74, 6) is -1.03. The first-order chi connectivity index (χ1) is 8.52. The number of aliphatic carboxylic acids is 1. The summed E-state index contributed by atoms with van der Waals surface area (Å²) in [5.41, 5.74) is 0.124. The predicted molar refractivity (Wildman–Crippen MR) is 69.3 cm³/mol. The highest BCUT2D eigenvalue weighted by Crippen LogP contribution is 2.06. The third-order valence-corrected chi connectivity index (χ3v) is 2.44. The monoisotopic (exact) mass is 257 g/mol. The highest BCUT2D eigenvalue weighted by molar-refractivity contribution is 5.86. The molecule has 5 heteroatoms. The van der Waals surface area contributed by atoms with E-state index in [1.54, 1.807) is 6.92 Å². The number of hydrogen-bond acceptors (Lipinski definition) is 3. The molecule has 18 heavy (non-hydrogen) atoms. The number of unbranched alkanes of at least 4 members (excludes halogenated alkanes) is 3. The third-order valence-electron chi connectivity index (χ3n) is 2.44. The average Bonchev–Trinajstić information content (AvgIpc) is 2.32. The third kappa shape index (κ3) is 6.93. The molecule has 1 N–H and O–H groups in total. The molecule has 0 fully saturated rings. The highest BCUT2D eigenvalue weighted by Gasteiger charge is 2.13. The number of hydrogen-bond donors (Lipinski definition) is 1. The van der Waals surface area contributed by atoms with Crippen molar-refractivity contribution < 1.29 is 19.4 Å². The Morgan fingerprint density at radius 1 is 1.22 bits per heavy atom. The zero-order chi connectivity index (χ0) is 14.0. The summed E-state index contributed by atoms with van der Waals surface area (Å²) >= 11 is 0. The number of carbonyl (C=O) groups excluding carboxylic acids is 1. The van der Waals surface area contributed by atoms with Crippen LogP contribution in [0.15, 0.2) is 11.8 Å². The molecular formula is C13H23NO4. The Bertz CT molecular complexity index is 299. The second-order valence-electron chi connectivity index (χ2n) is 4.07. The molecule has 0 aliphatic rings. The number of amides is 1. The van der Waals surface area contributed by atoms with E-state index >= 15 is 0 Å². The van der Waals surface area contributed by atoms with Gasteiger partial charge in [-0.1, -0.05) is 26.2 Å². The molecule has 0 unspecified atom stereocenters. The molecule has 0 aliphatic heterocycles. The van der Waals surface area contributed by atoms with Crippen molar-refractivity contribution in [1.82, 2.24) is 4.90 Å². The Balaban J connectivity index is 4.47. The second kappa shape index (κ2) is 9.50. The maximum Gasteiger partial charge on any atom is 0.413 e. The quantitative estimate of drug-likeness (QED) is 0.536. The van der Waals surface area contributed by atoms with Crippen LogP contribution in [0.1, 0.15) is 46.5 Å². The van der Waals surface area contributed by atoms with E-state index in [1.165, 1.54) is 18.0 Å². The van der Waals surface area contributed by atoms with Gasteiger partial charge in [0.15, 0.2) is 0 Å². The molecule has 0 aromatic heterocycles. The Kier molecular flexibility index (Phi) is 8.70. The molecular weight excluding hydrogens is 234 g/mol. The number of nitrogens with zero attached hydrogens (tertiary/aromatic N) is 1. The molecule has 0 rings (SSSR count). The van der Waals surface area contributed by atoms with Crippen molar-refractivity contribution in [3.63, 3.8) is 0 Å². The molecule has 1 amide bonds. The van der Waals surface area contributed by atoms with E-state index in [0.717, 1.165) is 25.7 Å². The number of ether oxygens (including phenoxy) is 1. The van der Waals surface area contributed by atoms with Crippen LogP contribution in [0.25, 0.3) is 0 Å². The van der Waals surface area contributed by atoms with Crippen LogP contribution in [0, 0.1) is 0 Å². The topological polar surface area (TPSA) is 66.8 Å². The van der Waals surface area contributed by atoms with Crippen LogP contribution in [0.5, 0.6) is 0 Å². The fourth-order valence-electron chi connectivity index (χ4n) is 1.41. The van der Waals surface area contributed by atoms with Gasteiger partial charge >= 0.3 is 12.1 Å². The Labute approximate surface area is 108 Å². The van der Waals surface area contributed by atoms with E-state index in [4.69, 9.17) is 9.84 Å². The highest BCUT2D eigenvalue weighted by atomic mass is 16.6. The second-order valence-corrected chi connectivity index (χ2v) is 4.07. The fraction of sp³-hybridized carbons (Fsp3) is 0.692. The molecule has 5 nitrogen and oxygen atoms in total. The molecule has 0 aliphatic carbocycles. The van der Waals surface area contributed by atoms with Gasteiger partial charge in [-0.05, 0) is 20.3 Å². The lowest BCUT2D eigenvalue weighted by Crippen LogP contribution is -2.28. The zero-order valence-electron chi connectivity index (χ0n) is 11.4. The van der Waals surface area contributed by atoms with Gasteiger partial charge in [-0.2, -0.15) is 0 Å². The number of carboxylic acids is 1. The van der Waals surface area contributed by atoms with Crippen LogP contribution in [0.2, 0.25) is 0 Å². The van der Waals surface area contributed by atoms with Crippen LogP contribution in [-0.2, 0) is 9.53 Å². The molecule has 0 bridgehead atoms. The van der Waals surface area contributed by atoms with Crippen molar-refractivity contribution in [2.75, 3.05) is 13.2 Å². The summed E-state index contributed by atoms with van der Waals surface area (Å²) in [6.45, 7) is 6.06. The van der Waals surface area contributed by atoms with E-state index in [0.29, 0.717) is 6.54 Å². The van der Waals surface area contributed by atoms with Crippen LogP contribution >= 0.6 is 0 Å². The number of carbonyl (C=O) groups is 2. The summed E-state index contributed by atoms with van der Waals surface area (Å²) in [6.07, 6.45) is 4.94. The molecule has 0 heterocycles. The largest absolute Gasteiger partial charge is 0.478 e. The summed E-state index contributed by atoms with van der Waals surface area (Å²) < 4.78 is 4.89. The SMILES string of the molecule is CCCCCCN(C=C(C)C(=O)O)C(=O)OCC. The standard InChI is InChI=1S/C13H23NO4/c1-4-6-7-8-9-14(13(17)18-5-2)10-11(3)12(15)16/h10H,4-9H2,1-3H3,(H,15,16). The Morgan fingerprint density at radius 3 is 2.39 bits per heavy atom. The van der Waals surface area contributed by atoms with Gasteiger partial charge in [-0.25, -0.2) is 9.59 Å². The first-order valence-electron chi connectivity index (χ1n) is 6.38. The summed E-state index contributed by atoms with van der Waals surface area (Å²) in [6, 6.07) is 0. The van der Waals surface area contributed by atoms with Gasteiger partial charge in [-0.15, -0.1) is 0 Å². The lowest BCUT2D eigenvalue weighted by atomic mass is 10.2. The van der Waals surface area contributed by atoms with E-state index in [-0.39, 0.29) is 12.2 Å². The minimum absolute atomic E-state index is 0.124. The maximum atomic E-state index is 11.6. The van der Waals surface area contributed by atoms with Crippen molar-refractivity contribution in [3.05, 3.63) is 11.8 Å². The molecule has 104 valence electrons. The molecule has 0 saturated heterocycles. The minimum atomic E-state index is -1.03. The molecule has 0 atom stereocenters.